The summed E-state index contributed by atoms with van der Waals surface area (Å²) in [5.74, 6) is -4.06. The molecule has 44 heavy (non-hydrogen) atoms. The number of halogens is 10. The largest absolute Gasteiger partial charge is 0.432 e. The SMILES string of the molecule is CCCCc1cc(F)c(C#Cc2ccc(C#Cc3cc(F)c(C(F)(F)Oc4cc(F)c(F)c(F)c4)c(F)c3)c(F)c2)c(F)c1. The van der Waals surface area contributed by atoms with Crippen LogP contribution in [0.25, 0.3) is 0 Å². The van der Waals surface area contributed by atoms with Gasteiger partial charge in [0.2, 0.25) is 0 Å². The Hall–Kier alpha value is -4.90. The Balaban J connectivity index is 1.54. The lowest BCUT2D eigenvalue weighted by Gasteiger charge is -2.19. The minimum Gasteiger partial charge on any atom is -0.429 e. The predicted molar refractivity (Wildman–Crippen MR) is 141 cm³/mol. The molecule has 0 saturated heterocycles. The van der Waals surface area contributed by atoms with Crippen molar-refractivity contribution >= 4 is 0 Å². The summed E-state index contributed by atoms with van der Waals surface area (Å²) in [6, 6.07) is 6.60. The number of rotatable bonds is 6. The van der Waals surface area contributed by atoms with Gasteiger partial charge in [-0.2, -0.15) is 8.78 Å². The van der Waals surface area contributed by atoms with Gasteiger partial charge in [0.25, 0.3) is 0 Å². The van der Waals surface area contributed by atoms with Crippen LogP contribution in [0.15, 0.2) is 54.6 Å². The van der Waals surface area contributed by atoms with Gasteiger partial charge in [-0.1, -0.05) is 37.0 Å². The van der Waals surface area contributed by atoms with Crippen molar-refractivity contribution in [3.8, 4) is 29.4 Å². The van der Waals surface area contributed by atoms with Crippen LogP contribution in [0.3, 0.4) is 0 Å². The number of unbranched alkanes of at least 4 members (excludes halogenated alkanes) is 1. The molecular weight excluding hydrogens is 602 g/mol. The average molecular weight is 620 g/mol. The van der Waals surface area contributed by atoms with Gasteiger partial charge in [0.15, 0.2) is 17.5 Å². The molecule has 4 rings (SSSR count). The molecule has 0 atom stereocenters. The van der Waals surface area contributed by atoms with Crippen molar-refractivity contribution in [1.29, 1.82) is 0 Å². The van der Waals surface area contributed by atoms with E-state index in [1.807, 2.05) is 6.92 Å². The van der Waals surface area contributed by atoms with E-state index in [-0.39, 0.29) is 23.3 Å². The van der Waals surface area contributed by atoms with Gasteiger partial charge in [-0.25, -0.2) is 35.1 Å². The maximum Gasteiger partial charge on any atom is 0.432 e. The number of hydrogen-bond acceptors (Lipinski definition) is 1. The van der Waals surface area contributed by atoms with Crippen LogP contribution >= 0.6 is 0 Å². The van der Waals surface area contributed by atoms with Crippen molar-refractivity contribution in [2.24, 2.45) is 0 Å². The molecule has 0 spiro atoms. The van der Waals surface area contributed by atoms with E-state index in [4.69, 9.17) is 0 Å². The maximum atomic E-state index is 14.6. The zero-order chi connectivity index (χ0) is 32.2. The lowest BCUT2D eigenvalue weighted by molar-refractivity contribution is -0.189. The first-order valence-electron chi connectivity index (χ1n) is 12.8. The summed E-state index contributed by atoms with van der Waals surface area (Å²) in [6.07, 6.45) is -2.69. The summed E-state index contributed by atoms with van der Waals surface area (Å²) < 4.78 is 145. The first kappa shape index (κ1) is 32.0. The number of ether oxygens (including phenoxy) is 1. The Morgan fingerprint density at radius 2 is 1.18 bits per heavy atom. The molecule has 0 saturated carbocycles. The molecule has 226 valence electrons. The molecule has 4 aromatic carbocycles. The minimum absolute atomic E-state index is 0.0338. The number of hydrogen-bond donors (Lipinski definition) is 0. The molecule has 0 radical (unpaired) electrons. The fourth-order valence-corrected chi connectivity index (χ4v) is 3.95. The smallest absolute Gasteiger partial charge is 0.429 e. The van der Waals surface area contributed by atoms with Crippen molar-refractivity contribution in [3.05, 3.63) is 135 Å². The third kappa shape index (κ3) is 7.35. The summed E-state index contributed by atoms with van der Waals surface area (Å²) >= 11 is 0. The molecule has 0 bridgehead atoms. The Labute approximate surface area is 245 Å². The number of benzene rings is 4. The molecule has 0 aliphatic carbocycles. The number of alkyl halides is 2. The predicted octanol–water partition coefficient (Wildman–Crippen LogP) is 9.07. The third-order valence-electron chi connectivity index (χ3n) is 6.10. The van der Waals surface area contributed by atoms with E-state index in [1.54, 1.807) is 0 Å². The normalized spacial score (nSPS) is 11.0. The minimum atomic E-state index is -4.79. The monoisotopic (exact) mass is 620 g/mol. The molecule has 0 aliphatic rings. The molecular formula is C33H18F10O. The summed E-state index contributed by atoms with van der Waals surface area (Å²) in [6.45, 7) is 1.94. The van der Waals surface area contributed by atoms with Crippen LogP contribution in [-0.4, -0.2) is 0 Å². The highest BCUT2D eigenvalue weighted by molar-refractivity contribution is 5.50. The molecule has 0 aliphatic heterocycles. The first-order chi connectivity index (χ1) is 20.8. The topological polar surface area (TPSA) is 9.23 Å². The molecule has 0 aromatic heterocycles. The zero-order valence-corrected chi connectivity index (χ0v) is 22.5. The molecule has 0 fully saturated rings. The van der Waals surface area contributed by atoms with Crippen molar-refractivity contribution in [2.45, 2.75) is 32.3 Å². The zero-order valence-electron chi connectivity index (χ0n) is 22.5. The van der Waals surface area contributed by atoms with Gasteiger partial charge in [-0.3, -0.25) is 0 Å². The summed E-state index contributed by atoms with van der Waals surface area (Å²) in [4.78, 5) is 0. The molecule has 11 heteroatoms. The highest BCUT2D eigenvalue weighted by Gasteiger charge is 2.41. The van der Waals surface area contributed by atoms with E-state index in [1.165, 1.54) is 18.2 Å². The maximum absolute atomic E-state index is 14.6. The highest BCUT2D eigenvalue weighted by Crippen LogP contribution is 2.36. The fourth-order valence-electron chi connectivity index (χ4n) is 3.95. The summed E-state index contributed by atoms with van der Waals surface area (Å²) in [5, 5.41) is 0. The van der Waals surface area contributed by atoms with Gasteiger partial charge >= 0.3 is 6.11 Å². The molecule has 0 amide bonds. The van der Waals surface area contributed by atoms with Crippen LogP contribution in [0.4, 0.5) is 43.9 Å². The first-order valence-corrected chi connectivity index (χ1v) is 12.8. The molecule has 0 unspecified atom stereocenters. The standard InChI is InChI=1S/C33H18F10O/c1-2-3-4-19-12-25(35)23(26(36)13-19)10-7-18-5-8-21(24(34)11-18)9-6-20-14-27(37)31(28(38)15-20)33(42,43)44-22-16-29(39)32(41)30(40)17-22/h5,8,11-17H,2-4H2,1H3. The van der Waals surface area contributed by atoms with Crippen LogP contribution in [-0.2, 0) is 12.5 Å². The van der Waals surface area contributed by atoms with Crippen molar-refractivity contribution in [2.75, 3.05) is 0 Å². The van der Waals surface area contributed by atoms with Crippen LogP contribution in [0.5, 0.6) is 5.75 Å². The van der Waals surface area contributed by atoms with Gasteiger partial charge < -0.3 is 4.74 Å². The van der Waals surface area contributed by atoms with E-state index in [9.17, 15) is 43.9 Å². The molecule has 1 nitrogen and oxygen atoms in total. The van der Waals surface area contributed by atoms with E-state index < -0.39 is 75.1 Å². The Kier molecular flexibility index (Phi) is 9.59. The molecule has 0 N–H and O–H groups in total. The van der Waals surface area contributed by atoms with Crippen LogP contribution in [0, 0.1) is 70.2 Å². The Morgan fingerprint density at radius 3 is 1.75 bits per heavy atom. The second-order valence-electron chi connectivity index (χ2n) is 9.37. The van der Waals surface area contributed by atoms with Crippen molar-refractivity contribution in [3.63, 3.8) is 0 Å². The van der Waals surface area contributed by atoms with E-state index in [2.05, 4.69) is 28.4 Å². The van der Waals surface area contributed by atoms with Crippen molar-refractivity contribution < 1.29 is 48.6 Å². The molecule has 4 aromatic rings. The second-order valence-corrected chi connectivity index (χ2v) is 9.37. The van der Waals surface area contributed by atoms with Crippen molar-refractivity contribution in [1.82, 2.24) is 0 Å². The number of aryl methyl sites for hydroxylation is 1. The van der Waals surface area contributed by atoms with Crippen LogP contribution in [0.1, 0.15) is 53.1 Å². The van der Waals surface area contributed by atoms with Gasteiger partial charge in [0, 0.05) is 23.3 Å². The summed E-state index contributed by atoms with van der Waals surface area (Å²) in [7, 11) is 0. The Morgan fingerprint density at radius 1 is 0.614 bits per heavy atom. The van der Waals surface area contributed by atoms with Crippen LogP contribution < -0.4 is 4.74 Å². The average Bonchev–Trinajstić information content (AvgIpc) is 2.93. The summed E-state index contributed by atoms with van der Waals surface area (Å²) in [5.41, 5.74) is -2.68. The van der Waals surface area contributed by atoms with Gasteiger partial charge in [0.1, 0.15) is 40.4 Å². The second kappa shape index (κ2) is 13.2. The fraction of sp³-hybridized carbons (Fsp3) is 0.152. The van der Waals surface area contributed by atoms with E-state index in [0.717, 1.165) is 25.0 Å². The van der Waals surface area contributed by atoms with E-state index >= 15 is 0 Å². The van der Waals surface area contributed by atoms with Gasteiger partial charge in [0.05, 0.1) is 11.1 Å². The highest BCUT2D eigenvalue weighted by atomic mass is 19.3. The van der Waals surface area contributed by atoms with Gasteiger partial charge in [-0.05, 0) is 60.9 Å². The quantitative estimate of drug-likeness (QED) is 0.119. The third-order valence-corrected chi connectivity index (χ3v) is 6.10. The lowest BCUT2D eigenvalue weighted by atomic mass is 10.0. The lowest BCUT2D eigenvalue weighted by Crippen LogP contribution is -2.25. The van der Waals surface area contributed by atoms with E-state index in [0.29, 0.717) is 24.1 Å². The van der Waals surface area contributed by atoms with Gasteiger partial charge in [-0.15, -0.1) is 0 Å². The molecule has 0 heterocycles. The Bertz CT molecular complexity index is 1790. The van der Waals surface area contributed by atoms with Crippen LogP contribution in [0.2, 0.25) is 0 Å².